The average molecular weight is 491 g/mol. The third-order valence-electron chi connectivity index (χ3n) is 6.77. The number of amides is 1. The van der Waals surface area contributed by atoms with Gasteiger partial charge in [-0.3, -0.25) is 4.79 Å². The zero-order valence-corrected chi connectivity index (χ0v) is 19.9. The number of carbonyl (C=O) groups excluding carboxylic acids is 1. The average Bonchev–Trinajstić information content (AvgIpc) is 2.69. The minimum Gasteiger partial charge on any atom is -0.370 e. The molecule has 1 saturated heterocycles. The van der Waals surface area contributed by atoms with Crippen molar-refractivity contribution in [3.63, 3.8) is 0 Å². The van der Waals surface area contributed by atoms with Crippen LogP contribution in [0.1, 0.15) is 56.8 Å². The first-order valence-corrected chi connectivity index (χ1v) is 12.0. The van der Waals surface area contributed by atoms with Crippen LogP contribution in [0.5, 0.6) is 0 Å². The molecule has 1 amide bonds. The van der Waals surface area contributed by atoms with E-state index < -0.39 is 0 Å². The van der Waals surface area contributed by atoms with Crippen LogP contribution in [-0.2, 0) is 16.0 Å². The highest BCUT2D eigenvalue weighted by Crippen LogP contribution is 2.48. The summed E-state index contributed by atoms with van der Waals surface area (Å²) >= 11 is 9.50. The van der Waals surface area contributed by atoms with Gasteiger partial charge in [0.15, 0.2) is 0 Å². The molecule has 2 aliphatic rings. The molecule has 1 saturated carbocycles. The Balaban J connectivity index is 1.54. The highest BCUT2D eigenvalue weighted by Gasteiger charge is 2.49. The molecular formula is C25H29BrClNO2. The van der Waals surface area contributed by atoms with Crippen LogP contribution in [-0.4, -0.2) is 17.6 Å². The van der Waals surface area contributed by atoms with E-state index in [9.17, 15) is 4.79 Å². The van der Waals surface area contributed by atoms with Gasteiger partial charge in [-0.05, 0) is 61.1 Å². The van der Waals surface area contributed by atoms with Gasteiger partial charge < -0.3 is 10.1 Å². The van der Waals surface area contributed by atoms with Gasteiger partial charge in [0.1, 0.15) is 0 Å². The lowest BCUT2D eigenvalue weighted by Crippen LogP contribution is -2.60. The van der Waals surface area contributed by atoms with Crippen molar-refractivity contribution < 1.29 is 9.53 Å². The van der Waals surface area contributed by atoms with Crippen molar-refractivity contribution in [1.82, 2.24) is 5.32 Å². The van der Waals surface area contributed by atoms with Crippen molar-refractivity contribution in [2.45, 2.75) is 63.7 Å². The second kappa shape index (κ2) is 9.02. The van der Waals surface area contributed by atoms with E-state index in [1.807, 2.05) is 24.3 Å². The standard InChI is InChI=1S/C25H29BrClNO2/c1-16-3-12-21-22(13-16)30-23(18-6-8-19(26)9-7-18)15-25(21,2)28-24(29)14-17-4-10-20(27)11-5-17/h4-11,16,21-23H,3,12-15H2,1-2H3,(H,28,29)/t16-,21-,22-,23-,25-/m0/s1. The van der Waals surface area contributed by atoms with Crippen LogP contribution in [0, 0.1) is 11.8 Å². The largest absolute Gasteiger partial charge is 0.370 e. The number of rotatable bonds is 4. The van der Waals surface area contributed by atoms with E-state index in [0.29, 0.717) is 23.3 Å². The van der Waals surface area contributed by atoms with Gasteiger partial charge in [-0.2, -0.15) is 0 Å². The van der Waals surface area contributed by atoms with Gasteiger partial charge in [-0.25, -0.2) is 0 Å². The van der Waals surface area contributed by atoms with Crippen LogP contribution in [0.15, 0.2) is 53.0 Å². The maximum absolute atomic E-state index is 13.0. The van der Waals surface area contributed by atoms with Gasteiger partial charge in [0.05, 0.1) is 18.6 Å². The third-order valence-corrected chi connectivity index (χ3v) is 7.55. The number of halogens is 2. The summed E-state index contributed by atoms with van der Waals surface area (Å²) in [6.45, 7) is 4.52. The van der Waals surface area contributed by atoms with Crippen LogP contribution >= 0.6 is 27.5 Å². The maximum atomic E-state index is 13.0. The summed E-state index contributed by atoms with van der Waals surface area (Å²) in [5.41, 5.74) is 1.86. The lowest BCUT2D eigenvalue weighted by molar-refractivity contribution is -0.153. The first-order valence-electron chi connectivity index (χ1n) is 10.8. The Bertz CT molecular complexity index is 885. The second-order valence-corrected chi connectivity index (χ2v) is 10.6. The number of hydrogen-bond donors (Lipinski definition) is 1. The maximum Gasteiger partial charge on any atom is 0.224 e. The Morgan fingerprint density at radius 3 is 2.57 bits per heavy atom. The lowest BCUT2D eigenvalue weighted by atomic mass is 9.66. The number of benzene rings is 2. The summed E-state index contributed by atoms with van der Waals surface area (Å²) in [7, 11) is 0. The first kappa shape index (κ1) is 21.9. The first-order chi connectivity index (χ1) is 14.3. The normalized spacial score (nSPS) is 31.1. The Labute approximate surface area is 192 Å². The fourth-order valence-corrected chi connectivity index (χ4v) is 5.56. The van der Waals surface area contributed by atoms with Crippen molar-refractivity contribution in [3.8, 4) is 0 Å². The van der Waals surface area contributed by atoms with Crippen LogP contribution in [0.4, 0.5) is 0 Å². The molecule has 1 heterocycles. The Hall–Kier alpha value is -1.36. The van der Waals surface area contributed by atoms with Crippen molar-refractivity contribution in [1.29, 1.82) is 0 Å². The molecule has 3 nitrogen and oxygen atoms in total. The molecule has 1 aliphatic carbocycles. The van der Waals surface area contributed by atoms with Crippen LogP contribution in [0.25, 0.3) is 0 Å². The van der Waals surface area contributed by atoms with Gasteiger partial charge in [0.25, 0.3) is 0 Å². The zero-order valence-electron chi connectivity index (χ0n) is 17.5. The third kappa shape index (κ3) is 4.92. The molecule has 1 aliphatic heterocycles. The van der Waals surface area contributed by atoms with Crippen molar-refractivity contribution in [2.24, 2.45) is 11.8 Å². The van der Waals surface area contributed by atoms with Gasteiger partial charge in [0, 0.05) is 27.4 Å². The highest BCUT2D eigenvalue weighted by atomic mass is 79.9. The monoisotopic (exact) mass is 489 g/mol. The summed E-state index contributed by atoms with van der Waals surface area (Å²) in [5, 5.41) is 4.11. The lowest BCUT2D eigenvalue weighted by Gasteiger charge is -2.52. The summed E-state index contributed by atoms with van der Waals surface area (Å²) in [6, 6.07) is 15.9. The van der Waals surface area contributed by atoms with Gasteiger partial charge in [-0.15, -0.1) is 0 Å². The Morgan fingerprint density at radius 2 is 1.87 bits per heavy atom. The molecule has 0 aromatic heterocycles. The molecule has 5 heteroatoms. The topological polar surface area (TPSA) is 38.3 Å². The van der Waals surface area contributed by atoms with Gasteiger partial charge >= 0.3 is 0 Å². The molecule has 0 radical (unpaired) electrons. The zero-order chi connectivity index (χ0) is 21.3. The molecule has 4 rings (SSSR count). The smallest absolute Gasteiger partial charge is 0.224 e. The van der Waals surface area contributed by atoms with E-state index in [0.717, 1.165) is 29.3 Å². The highest BCUT2D eigenvalue weighted by molar-refractivity contribution is 9.10. The summed E-state index contributed by atoms with van der Waals surface area (Å²) in [5.74, 6) is 1.06. The number of nitrogens with one attached hydrogen (secondary N) is 1. The summed E-state index contributed by atoms with van der Waals surface area (Å²) in [4.78, 5) is 13.0. The molecule has 1 N–H and O–H groups in total. The van der Waals surface area contributed by atoms with E-state index in [4.69, 9.17) is 16.3 Å². The quantitative estimate of drug-likeness (QED) is 0.532. The predicted molar refractivity (Wildman–Crippen MR) is 125 cm³/mol. The van der Waals surface area contributed by atoms with Crippen molar-refractivity contribution in [2.75, 3.05) is 0 Å². The van der Waals surface area contributed by atoms with Crippen molar-refractivity contribution >= 4 is 33.4 Å². The molecule has 2 fully saturated rings. The number of hydrogen-bond acceptors (Lipinski definition) is 2. The number of carbonyl (C=O) groups is 1. The van der Waals surface area contributed by atoms with Crippen molar-refractivity contribution in [3.05, 3.63) is 69.2 Å². The van der Waals surface area contributed by atoms with Crippen LogP contribution in [0.2, 0.25) is 5.02 Å². The predicted octanol–water partition coefficient (Wildman–Crippen LogP) is 6.49. The Morgan fingerprint density at radius 1 is 1.17 bits per heavy atom. The molecular weight excluding hydrogens is 462 g/mol. The molecule has 30 heavy (non-hydrogen) atoms. The molecule has 5 atom stereocenters. The molecule has 2 aromatic rings. The van der Waals surface area contributed by atoms with E-state index in [1.54, 1.807) is 0 Å². The van der Waals surface area contributed by atoms with E-state index in [2.05, 4.69) is 59.4 Å². The molecule has 0 spiro atoms. The van der Waals surface area contributed by atoms with Gasteiger partial charge in [0.2, 0.25) is 5.91 Å². The SMILES string of the molecule is C[C@H]1CC[C@H]2[C@H](C1)O[C@H](c1ccc(Br)cc1)C[C@]2(C)NC(=O)Cc1ccc(Cl)cc1. The van der Waals surface area contributed by atoms with E-state index in [-0.39, 0.29) is 23.7 Å². The minimum atomic E-state index is -0.287. The van der Waals surface area contributed by atoms with Crippen LogP contribution in [0.3, 0.4) is 0 Å². The molecule has 160 valence electrons. The molecule has 0 bridgehead atoms. The minimum absolute atomic E-state index is 0.00881. The molecule has 0 unspecified atom stereocenters. The molecule has 2 aromatic carbocycles. The fraction of sp³-hybridized carbons (Fsp3) is 0.480. The second-order valence-electron chi connectivity index (χ2n) is 9.21. The number of fused-ring (bicyclic) bond motifs is 1. The summed E-state index contributed by atoms with van der Waals surface area (Å²) < 4.78 is 7.67. The number of ether oxygens (including phenoxy) is 1. The van der Waals surface area contributed by atoms with E-state index >= 15 is 0 Å². The van der Waals surface area contributed by atoms with Gasteiger partial charge in [-0.1, -0.05) is 65.1 Å². The van der Waals surface area contributed by atoms with E-state index in [1.165, 1.54) is 12.0 Å². The Kier molecular flexibility index (Phi) is 6.57. The fourth-order valence-electron chi connectivity index (χ4n) is 5.17. The van der Waals surface area contributed by atoms with Crippen LogP contribution < -0.4 is 5.32 Å². The summed E-state index contributed by atoms with van der Waals surface area (Å²) in [6.07, 6.45) is 4.66.